The fourth-order valence-corrected chi connectivity index (χ4v) is 9.71. The van der Waals surface area contributed by atoms with Crippen molar-refractivity contribution < 1.29 is 59.4 Å². The molecule has 3 fully saturated rings. The molecule has 0 aromatic heterocycles. The third-order valence-corrected chi connectivity index (χ3v) is 14.8. The lowest BCUT2D eigenvalue weighted by molar-refractivity contribution is -0.257. The Morgan fingerprint density at radius 1 is 1.05 bits per heavy atom. The maximum absolute atomic E-state index is 14.7. The Kier molecular flexibility index (Phi) is 11.4. The van der Waals surface area contributed by atoms with E-state index in [9.17, 15) is 50.0 Å². The lowest BCUT2D eigenvalue weighted by atomic mass is 9.82. The molecule has 6 rings (SSSR count). The molecular weight excluding hydrogens is 775 g/mol. The third-order valence-electron chi connectivity index (χ3n) is 12.7. The molecule has 1 aromatic carbocycles. The molecule has 1 N–H and O–H groups in total. The van der Waals surface area contributed by atoms with Gasteiger partial charge in [0.2, 0.25) is 27.4 Å². The van der Waals surface area contributed by atoms with Gasteiger partial charge in [0.05, 0.1) is 41.6 Å². The predicted octanol–water partition coefficient (Wildman–Crippen LogP) is 6.11. The highest BCUT2D eigenvalue weighted by molar-refractivity contribution is 7.91. The van der Waals surface area contributed by atoms with Crippen LogP contribution in [0.4, 0.5) is 22.4 Å². The number of benzene rings is 1. The van der Waals surface area contributed by atoms with Gasteiger partial charge in [-0.25, -0.2) is 17.6 Å². The molecule has 0 unspecified atom stereocenters. The zero-order valence-electron chi connectivity index (χ0n) is 32.8. The second kappa shape index (κ2) is 15.3. The van der Waals surface area contributed by atoms with E-state index < -0.39 is 110 Å². The van der Waals surface area contributed by atoms with Crippen LogP contribution in [0.3, 0.4) is 0 Å². The van der Waals surface area contributed by atoms with Crippen LogP contribution in [0, 0.1) is 34.9 Å². The minimum absolute atomic E-state index is 0.0245. The average Bonchev–Trinajstić information content (AvgIpc) is 3.90. The summed E-state index contributed by atoms with van der Waals surface area (Å²) in [6.45, 7) is 6.27. The molecule has 314 valence electrons. The van der Waals surface area contributed by atoms with E-state index in [4.69, 9.17) is 9.47 Å². The predicted molar refractivity (Wildman–Crippen MR) is 197 cm³/mol. The van der Waals surface area contributed by atoms with Gasteiger partial charge in [0.1, 0.15) is 11.9 Å². The monoisotopic (exact) mass is 825 g/mol. The number of nitrogens with zero attached hydrogens (tertiary/aromatic N) is 2. The number of sulfonamides is 1. The molecule has 3 aliphatic heterocycles. The van der Waals surface area contributed by atoms with Crippen molar-refractivity contribution >= 4 is 39.7 Å². The van der Waals surface area contributed by atoms with Crippen LogP contribution in [0.1, 0.15) is 104 Å². The summed E-state index contributed by atoms with van der Waals surface area (Å²) in [7, 11) is -4.06. The SMILES string of the molecule is C[C@H]1CC/C=C\[C@@H]2C[C@@]2(C(=O)NS(=O)(=O)C2(C)CC2)CC(=O)[C@@H]2C[C@@H](OC(=O)N3Cc4cccc(F)c4C3)CN2C(=O)[C@@H](CC(=O)OC(C)(C)C(F)(F)F)[C@H](C)C1. The smallest absolute Gasteiger partial charge is 0.427 e. The number of alkyl halides is 3. The number of amides is 3. The Bertz CT molecular complexity index is 1950. The molecule has 57 heavy (non-hydrogen) atoms. The van der Waals surface area contributed by atoms with Crippen molar-refractivity contribution in [3.8, 4) is 0 Å². The summed E-state index contributed by atoms with van der Waals surface area (Å²) in [6, 6.07) is 3.19. The zero-order valence-corrected chi connectivity index (χ0v) is 33.6. The highest BCUT2D eigenvalue weighted by Gasteiger charge is 2.63. The number of ketones is 1. The highest BCUT2D eigenvalue weighted by Crippen LogP contribution is 2.58. The summed E-state index contributed by atoms with van der Waals surface area (Å²) < 4.78 is 93.7. The summed E-state index contributed by atoms with van der Waals surface area (Å²) in [5, 5.41) is 0. The lowest BCUT2D eigenvalue weighted by Gasteiger charge is -2.33. The van der Waals surface area contributed by atoms with Crippen LogP contribution in [0.15, 0.2) is 30.4 Å². The van der Waals surface area contributed by atoms with Crippen LogP contribution in [-0.4, -0.2) is 83.1 Å². The number of carbonyl (C=O) groups excluding carboxylic acids is 5. The second-order valence-corrected chi connectivity index (χ2v) is 19.8. The standard InChI is InChI=1S/C40H51F4N3O9S/c1-23-9-6-7-11-26-18-39(26,35(51)45-57(53,54)38(5)13-14-38)19-32(48)31-16-27(55-36(52)46-20-25-10-8-12-30(41)29(25)22-46)21-47(31)34(50)28(24(2)15-23)17-33(49)56-37(3,4)40(42,43)44/h7-8,10-12,23-24,26-28,31H,6,9,13-22H2,1-5H3,(H,45,51)/b11-7-/t23-,24+,26+,27+,28-,31-,39+/m0/s1. The molecule has 12 nitrogen and oxygen atoms in total. The van der Waals surface area contributed by atoms with Gasteiger partial charge in [-0.3, -0.25) is 28.8 Å². The van der Waals surface area contributed by atoms with E-state index in [0.717, 1.165) is 0 Å². The Labute approximate surface area is 330 Å². The van der Waals surface area contributed by atoms with Gasteiger partial charge in [0, 0.05) is 24.9 Å². The maximum atomic E-state index is 14.7. The molecule has 17 heteroatoms. The molecule has 5 aliphatic rings. The molecule has 7 atom stereocenters. The number of esters is 1. The number of Topliss-reactive ketones (excluding diaryl/α,β-unsaturated/α-hetero) is 1. The summed E-state index contributed by atoms with van der Waals surface area (Å²) in [6.07, 6.45) is -1.97. The van der Waals surface area contributed by atoms with Crippen LogP contribution < -0.4 is 4.72 Å². The van der Waals surface area contributed by atoms with E-state index in [-0.39, 0.29) is 38.4 Å². The van der Waals surface area contributed by atoms with E-state index in [1.807, 2.05) is 19.1 Å². The fourth-order valence-electron chi connectivity index (χ4n) is 8.38. The van der Waals surface area contributed by atoms with E-state index in [2.05, 4.69) is 4.72 Å². The molecule has 0 spiro atoms. The van der Waals surface area contributed by atoms with E-state index in [1.54, 1.807) is 13.0 Å². The molecule has 3 amide bonds. The Hall–Kier alpha value is -4.02. The molecule has 1 saturated heterocycles. The van der Waals surface area contributed by atoms with Gasteiger partial charge in [0.15, 0.2) is 5.78 Å². The number of rotatable bonds is 7. The summed E-state index contributed by atoms with van der Waals surface area (Å²) in [5.74, 6) is -6.20. The zero-order chi connectivity index (χ0) is 41.9. The number of ether oxygens (including phenoxy) is 2. The van der Waals surface area contributed by atoms with Crippen molar-refractivity contribution in [2.24, 2.45) is 29.1 Å². The first-order valence-electron chi connectivity index (χ1n) is 19.5. The summed E-state index contributed by atoms with van der Waals surface area (Å²) in [5.41, 5.74) is -3.36. The number of carbonyl (C=O) groups is 5. The molecule has 0 radical (unpaired) electrons. The van der Waals surface area contributed by atoms with Gasteiger partial charge in [-0.2, -0.15) is 13.2 Å². The van der Waals surface area contributed by atoms with Crippen LogP contribution in [0.5, 0.6) is 0 Å². The van der Waals surface area contributed by atoms with Crippen LogP contribution in [0.25, 0.3) is 0 Å². The minimum atomic E-state index is -4.90. The van der Waals surface area contributed by atoms with E-state index in [0.29, 0.717) is 57.1 Å². The molecule has 2 saturated carbocycles. The van der Waals surface area contributed by atoms with Crippen molar-refractivity contribution in [1.82, 2.24) is 14.5 Å². The largest absolute Gasteiger partial charge is 0.450 e. The van der Waals surface area contributed by atoms with Gasteiger partial charge in [0.25, 0.3) is 0 Å². The Balaban J connectivity index is 1.30. The van der Waals surface area contributed by atoms with Crippen molar-refractivity contribution in [1.29, 1.82) is 0 Å². The summed E-state index contributed by atoms with van der Waals surface area (Å²) >= 11 is 0. The molecule has 0 bridgehead atoms. The Morgan fingerprint density at radius 3 is 2.40 bits per heavy atom. The van der Waals surface area contributed by atoms with Crippen molar-refractivity contribution in [2.45, 2.75) is 134 Å². The van der Waals surface area contributed by atoms with E-state index in [1.165, 1.54) is 28.9 Å². The number of hydrogen-bond acceptors (Lipinski definition) is 9. The van der Waals surface area contributed by atoms with Crippen LogP contribution >= 0.6 is 0 Å². The lowest BCUT2D eigenvalue weighted by Crippen LogP contribution is -2.48. The van der Waals surface area contributed by atoms with Gasteiger partial charge in [-0.05, 0) is 88.7 Å². The van der Waals surface area contributed by atoms with Gasteiger partial charge < -0.3 is 14.4 Å². The number of hydrogen-bond donors (Lipinski definition) is 1. The van der Waals surface area contributed by atoms with Gasteiger partial charge in [-0.15, -0.1) is 0 Å². The molecule has 2 aliphatic carbocycles. The molecular formula is C40H51F4N3O9S. The fraction of sp³-hybridized carbons (Fsp3) is 0.675. The summed E-state index contributed by atoms with van der Waals surface area (Å²) in [4.78, 5) is 72.1. The number of allylic oxidation sites excluding steroid dienone is 2. The van der Waals surface area contributed by atoms with Crippen LogP contribution in [-0.2, 0) is 51.8 Å². The van der Waals surface area contributed by atoms with Gasteiger partial charge >= 0.3 is 18.2 Å². The quantitative estimate of drug-likeness (QED) is 0.195. The topological polar surface area (TPSA) is 156 Å². The van der Waals surface area contributed by atoms with Gasteiger partial charge in [-0.1, -0.05) is 38.1 Å². The van der Waals surface area contributed by atoms with Crippen molar-refractivity contribution in [2.75, 3.05) is 6.54 Å². The van der Waals surface area contributed by atoms with Crippen molar-refractivity contribution in [3.05, 3.63) is 47.3 Å². The highest BCUT2D eigenvalue weighted by atomic mass is 32.2. The second-order valence-electron chi connectivity index (χ2n) is 17.6. The molecule has 3 heterocycles. The first kappa shape index (κ1) is 42.6. The minimum Gasteiger partial charge on any atom is -0.450 e. The van der Waals surface area contributed by atoms with Crippen molar-refractivity contribution in [3.63, 3.8) is 0 Å². The average molecular weight is 826 g/mol. The van der Waals surface area contributed by atoms with Crippen LogP contribution in [0.2, 0.25) is 0 Å². The maximum Gasteiger partial charge on any atom is 0.427 e. The normalized spacial score (nSPS) is 30.9. The number of nitrogens with one attached hydrogen (secondary N) is 1. The molecule has 1 aromatic rings. The number of fused-ring (bicyclic) bond motifs is 3. The Morgan fingerprint density at radius 2 is 1.75 bits per heavy atom. The van der Waals surface area contributed by atoms with E-state index >= 15 is 0 Å². The first-order chi connectivity index (χ1) is 26.5. The third kappa shape index (κ3) is 8.73. The number of halogens is 4. The first-order valence-corrected chi connectivity index (χ1v) is 21.0.